The second-order valence-corrected chi connectivity index (χ2v) is 9.54. The number of halogens is 1. The molecule has 6 heteroatoms. The average Bonchev–Trinajstić information content (AvgIpc) is 2.41. The van der Waals surface area contributed by atoms with Crippen LogP contribution in [0.4, 0.5) is 0 Å². The summed E-state index contributed by atoms with van der Waals surface area (Å²) in [7, 11) is 0. The maximum absolute atomic E-state index is 13.1. The molecular formula is C18H26IN3O2. The molecule has 3 aliphatic rings. The molecule has 3 fully saturated rings. The summed E-state index contributed by atoms with van der Waals surface area (Å²) in [6.07, 6.45) is 4.05. The molecule has 0 N–H and O–H groups in total. The third-order valence-corrected chi connectivity index (χ3v) is 5.72. The summed E-state index contributed by atoms with van der Waals surface area (Å²) in [5.41, 5.74) is -0.735. The largest absolute Gasteiger partial charge is 0.378 e. The Bertz CT molecular complexity index is 585. The number of Topliss-reactive ketones (excluding diaryl/α,β-unsaturated/α-hetero) is 1. The van der Waals surface area contributed by atoms with Gasteiger partial charge in [-0.05, 0) is 65.8 Å². The van der Waals surface area contributed by atoms with Crippen LogP contribution in [0.15, 0.2) is 26.5 Å². The highest BCUT2D eigenvalue weighted by molar-refractivity contribution is 14.1. The lowest BCUT2D eigenvalue weighted by Crippen LogP contribution is -2.70. The number of ether oxygens (including phenoxy) is 1. The summed E-state index contributed by atoms with van der Waals surface area (Å²) < 4.78 is 6.55. The van der Waals surface area contributed by atoms with E-state index in [0.29, 0.717) is 24.9 Å². The molecule has 2 bridgehead atoms. The lowest BCUT2D eigenvalue weighted by Gasteiger charge is -2.57. The number of hydrogen-bond donors (Lipinski definition) is 0. The number of carbonyl (C=O) groups is 1. The molecule has 3 aliphatic heterocycles. The Morgan fingerprint density at radius 1 is 1.25 bits per heavy atom. The highest BCUT2D eigenvalue weighted by atomic mass is 127. The van der Waals surface area contributed by atoms with E-state index in [1.807, 2.05) is 19.1 Å². The first-order chi connectivity index (χ1) is 11.3. The topological polar surface area (TPSA) is 45.1 Å². The quantitative estimate of drug-likeness (QED) is 0.381. The first kappa shape index (κ1) is 18.1. The van der Waals surface area contributed by atoms with Crippen LogP contribution in [0.5, 0.6) is 0 Å². The smallest absolute Gasteiger partial charge is 0.150 e. The van der Waals surface area contributed by atoms with Crippen LogP contribution in [-0.4, -0.2) is 67.7 Å². The van der Waals surface area contributed by atoms with E-state index >= 15 is 0 Å². The number of rotatable bonds is 4. The minimum absolute atomic E-state index is 0.367. The predicted molar refractivity (Wildman–Crippen MR) is 104 cm³/mol. The van der Waals surface area contributed by atoms with Gasteiger partial charge in [-0.3, -0.25) is 9.69 Å². The van der Waals surface area contributed by atoms with E-state index in [2.05, 4.69) is 57.9 Å². The standard InChI is InChI=1S/C18H26IN3O2/c1-13(19)5-6-15(20-4)22-11-17(2)9-21(14-7-24-8-14)10-18(3,12-22)16(17)23/h5-6,14H,4,7-12H2,1-3H3/b13-5+,15-6+. The Hall–Kier alpha value is -0.730. The van der Waals surface area contributed by atoms with Crippen LogP contribution in [-0.2, 0) is 9.53 Å². The van der Waals surface area contributed by atoms with Gasteiger partial charge in [0.05, 0.1) is 30.1 Å². The molecule has 24 heavy (non-hydrogen) atoms. The maximum atomic E-state index is 13.1. The molecule has 0 aromatic rings. The van der Waals surface area contributed by atoms with Gasteiger partial charge in [-0.1, -0.05) is 0 Å². The third-order valence-electron chi connectivity index (χ3n) is 5.37. The minimum atomic E-state index is -0.367. The van der Waals surface area contributed by atoms with Crippen molar-refractivity contribution in [3.05, 3.63) is 21.6 Å². The Balaban J connectivity index is 1.87. The van der Waals surface area contributed by atoms with Gasteiger partial charge in [0.2, 0.25) is 0 Å². The Morgan fingerprint density at radius 2 is 1.83 bits per heavy atom. The van der Waals surface area contributed by atoms with Gasteiger partial charge in [0, 0.05) is 26.2 Å². The monoisotopic (exact) mass is 443 g/mol. The van der Waals surface area contributed by atoms with Gasteiger partial charge in [-0.15, -0.1) is 0 Å². The van der Waals surface area contributed by atoms with E-state index in [0.717, 1.165) is 32.1 Å². The number of carbonyl (C=O) groups excluding carboxylic acids is 1. The molecule has 2 unspecified atom stereocenters. The highest BCUT2D eigenvalue weighted by Crippen LogP contribution is 2.44. The molecule has 0 aromatic heterocycles. The van der Waals surface area contributed by atoms with E-state index in [9.17, 15) is 4.79 Å². The van der Waals surface area contributed by atoms with Gasteiger partial charge < -0.3 is 9.64 Å². The molecule has 0 radical (unpaired) electrons. The Kier molecular flexibility index (Phi) is 4.92. The minimum Gasteiger partial charge on any atom is -0.378 e. The summed E-state index contributed by atoms with van der Waals surface area (Å²) in [5.74, 6) is 1.25. The number of ketones is 1. The normalized spacial score (nSPS) is 35.8. The summed E-state index contributed by atoms with van der Waals surface area (Å²) in [5, 5.41) is 0. The van der Waals surface area contributed by atoms with Gasteiger partial charge >= 0.3 is 0 Å². The molecule has 0 amide bonds. The summed E-state index contributed by atoms with van der Waals surface area (Å²) >= 11 is 2.28. The fourth-order valence-corrected chi connectivity index (χ4v) is 4.45. The fourth-order valence-electron chi connectivity index (χ4n) is 4.27. The van der Waals surface area contributed by atoms with Gasteiger partial charge in [0.1, 0.15) is 5.82 Å². The number of fused-ring (bicyclic) bond motifs is 2. The van der Waals surface area contributed by atoms with Crippen LogP contribution < -0.4 is 0 Å². The van der Waals surface area contributed by atoms with Crippen LogP contribution >= 0.6 is 22.6 Å². The highest BCUT2D eigenvalue weighted by Gasteiger charge is 2.57. The maximum Gasteiger partial charge on any atom is 0.150 e. The molecule has 0 aliphatic carbocycles. The van der Waals surface area contributed by atoms with Crippen molar-refractivity contribution in [3.8, 4) is 0 Å². The van der Waals surface area contributed by atoms with Crippen molar-refractivity contribution in [2.24, 2.45) is 15.8 Å². The SMILES string of the molecule is C=N/C(=C\C=C(/C)I)N1CC2(C)CN(C3COC3)CC(C)(C1)C2=O. The first-order valence-corrected chi connectivity index (χ1v) is 9.48. The molecule has 3 saturated heterocycles. The molecule has 0 aromatic carbocycles. The number of hydrogen-bond acceptors (Lipinski definition) is 5. The number of allylic oxidation sites excluding steroid dienone is 3. The van der Waals surface area contributed by atoms with Gasteiger partial charge in [0.15, 0.2) is 5.78 Å². The van der Waals surface area contributed by atoms with Crippen molar-refractivity contribution in [1.29, 1.82) is 0 Å². The molecule has 0 spiro atoms. The van der Waals surface area contributed by atoms with Crippen LogP contribution in [0, 0.1) is 10.8 Å². The molecule has 2 atom stereocenters. The zero-order valence-corrected chi connectivity index (χ0v) is 16.9. The fraction of sp³-hybridized carbons (Fsp3) is 0.667. The van der Waals surface area contributed by atoms with Crippen LogP contribution in [0.1, 0.15) is 20.8 Å². The lowest BCUT2D eigenvalue weighted by molar-refractivity contribution is -0.167. The number of nitrogens with zero attached hydrogens (tertiary/aromatic N) is 3. The first-order valence-electron chi connectivity index (χ1n) is 8.40. The second kappa shape index (κ2) is 6.53. The van der Waals surface area contributed by atoms with Crippen molar-refractivity contribution >= 4 is 35.1 Å². The van der Waals surface area contributed by atoms with E-state index in [4.69, 9.17) is 4.74 Å². The van der Waals surface area contributed by atoms with E-state index in [-0.39, 0.29) is 10.8 Å². The average molecular weight is 443 g/mol. The summed E-state index contributed by atoms with van der Waals surface area (Å²) in [4.78, 5) is 22.0. The second-order valence-electron chi connectivity index (χ2n) is 7.84. The summed E-state index contributed by atoms with van der Waals surface area (Å²) in [6.45, 7) is 14.6. The van der Waals surface area contributed by atoms with Gasteiger partial charge in [0.25, 0.3) is 0 Å². The molecule has 0 saturated carbocycles. The van der Waals surface area contributed by atoms with E-state index < -0.39 is 0 Å². The molecule has 132 valence electrons. The van der Waals surface area contributed by atoms with E-state index in [1.54, 1.807) is 0 Å². The Morgan fingerprint density at radius 3 is 2.25 bits per heavy atom. The van der Waals surface area contributed by atoms with Gasteiger partial charge in [-0.2, -0.15) is 0 Å². The van der Waals surface area contributed by atoms with Crippen molar-refractivity contribution < 1.29 is 9.53 Å². The van der Waals surface area contributed by atoms with Crippen molar-refractivity contribution in [2.75, 3.05) is 39.4 Å². The zero-order valence-electron chi connectivity index (χ0n) is 14.7. The van der Waals surface area contributed by atoms with E-state index in [1.165, 1.54) is 3.58 Å². The molecule has 3 rings (SSSR count). The lowest BCUT2D eigenvalue weighted by atomic mass is 9.64. The number of aliphatic imine (C=N–C) groups is 1. The predicted octanol–water partition coefficient (Wildman–Crippen LogP) is 2.48. The van der Waals surface area contributed by atoms with Crippen LogP contribution in [0.25, 0.3) is 0 Å². The summed E-state index contributed by atoms with van der Waals surface area (Å²) in [6, 6.07) is 0.473. The Labute approximate surface area is 157 Å². The zero-order chi connectivity index (χ0) is 17.5. The van der Waals surface area contributed by atoms with Gasteiger partial charge in [-0.25, -0.2) is 4.99 Å². The van der Waals surface area contributed by atoms with Crippen molar-refractivity contribution in [3.63, 3.8) is 0 Å². The van der Waals surface area contributed by atoms with Crippen LogP contribution in [0.2, 0.25) is 0 Å². The van der Waals surface area contributed by atoms with Crippen molar-refractivity contribution in [1.82, 2.24) is 9.80 Å². The third kappa shape index (κ3) is 3.20. The number of piperidine rings is 2. The molecular weight excluding hydrogens is 417 g/mol. The number of likely N-dealkylation sites (tertiary alicyclic amines) is 2. The molecule has 3 heterocycles. The van der Waals surface area contributed by atoms with Crippen molar-refractivity contribution in [2.45, 2.75) is 26.8 Å². The molecule has 5 nitrogen and oxygen atoms in total. The van der Waals surface area contributed by atoms with Crippen LogP contribution in [0.3, 0.4) is 0 Å².